The summed E-state index contributed by atoms with van der Waals surface area (Å²) in [4.78, 5) is 26.4. The SMILES string of the molecule is CCCCCCCCCN(C(=O)c1ccc(F)cc1F)C(=O)c1ccc(F)cc1F. The molecule has 0 aromatic heterocycles. The molecule has 2 aromatic carbocycles. The lowest BCUT2D eigenvalue weighted by Gasteiger charge is -2.21. The Morgan fingerprint density at radius 1 is 0.700 bits per heavy atom. The normalized spacial score (nSPS) is 10.8. The lowest BCUT2D eigenvalue weighted by atomic mass is 10.1. The van der Waals surface area contributed by atoms with Crippen molar-refractivity contribution in [1.82, 2.24) is 4.90 Å². The van der Waals surface area contributed by atoms with Crippen molar-refractivity contribution in [3.63, 3.8) is 0 Å². The highest BCUT2D eigenvalue weighted by Gasteiger charge is 2.28. The molecule has 0 spiro atoms. The van der Waals surface area contributed by atoms with Crippen molar-refractivity contribution in [2.45, 2.75) is 51.9 Å². The maximum absolute atomic E-state index is 14.1. The lowest BCUT2D eigenvalue weighted by molar-refractivity contribution is 0.0608. The van der Waals surface area contributed by atoms with Crippen LogP contribution in [0, 0.1) is 23.3 Å². The monoisotopic (exact) mass is 423 g/mol. The van der Waals surface area contributed by atoms with Gasteiger partial charge in [-0.1, -0.05) is 45.4 Å². The fourth-order valence-electron chi connectivity index (χ4n) is 3.14. The van der Waals surface area contributed by atoms with Gasteiger partial charge in [0.05, 0.1) is 11.1 Å². The quantitative estimate of drug-likeness (QED) is 0.256. The summed E-state index contributed by atoms with van der Waals surface area (Å²) in [7, 11) is 0. The Morgan fingerprint density at radius 3 is 1.57 bits per heavy atom. The van der Waals surface area contributed by atoms with Crippen molar-refractivity contribution >= 4 is 11.8 Å². The summed E-state index contributed by atoms with van der Waals surface area (Å²) >= 11 is 0. The van der Waals surface area contributed by atoms with Gasteiger partial charge in [-0.15, -0.1) is 0 Å². The fourth-order valence-corrected chi connectivity index (χ4v) is 3.14. The smallest absolute Gasteiger partial charge is 0.263 e. The number of hydrogen-bond donors (Lipinski definition) is 0. The predicted molar refractivity (Wildman–Crippen MR) is 106 cm³/mol. The van der Waals surface area contributed by atoms with Crippen LogP contribution >= 0.6 is 0 Å². The van der Waals surface area contributed by atoms with Crippen molar-refractivity contribution in [3.8, 4) is 0 Å². The average molecular weight is 423 g/mol. The van der Waals surface area contributed by atoms with Gasteiger partial charge < -0.3 is 0 Å². The van der Waals surface area contributed by atoms with Gasteiger partial charge in [0.15, 0.2) is 0 Å². The molecule has 0 aliphatic carbocycles. The standard InChI is InChI=1S/C23H25F4NO2/c1-2-3-4-5-6-7-8-13-28(22(29)18-11-9-16(24)14-20(18)26)23(30)19-12-10-17(25)15-21(19)27/h9-12,14-15H,2-8,13H2,1H3. The zero-order valence-electron chi connectivity index (χ0n) is 16.9. The number of amides is 2. The van der Waals surface area contributed by atoms with Crippen molar-refractivity contribution in [3.05, 3.63) is 70.8 Å². The molecule has 0 N–H and O–H groups in total. The van der Waals surface area contributed by atoms with Crippen LogP contribution in [-0.2, 0) is 0 Å². The minimum absolute atomic E-state index is 0.0565. The minimum atomic E-state index is -1.11. The molecule has 2 rings (SSSR count). The second kappa shape index (κ2) is 11.5. The zero-order valence-corrected chi connectivity index (χ0v) is 16.9. The Hall–Kier alpha value is -2.70. The summed E-state index contributed by atoms with van der Waals surface area (Å²) in [6, 6.07) is 4.79. The second-order valence-corrected chi connectivity index (χ2v) is 7.13. The first-order valence-electron chi connectivity index (χ1n) is 10.1. The van der Waals surface area contributed by atoms with Gasteiger partial charge in [-0.3, -0.25) is 14.5 Å². The van der Waals surface area contributed by atoms with E-state index in [2.05, 4.69) is 6.92 Å². The number of benzene rings is 2. The molecule has 0 aliphatic heterocycles. The van der Waals surface area contributed by atoms with E-state index in [0.717, 1.165) is 67.7 Å². The van der Waals surface area contributed by atoms with E-state index in [1.807, 2.05) is 0 Å². The summed E-state index contributed by atoms with van der Waals surface area (Å²) in [5, 5.41) is 0. The number of halogens is 4. The van der Waals surface area contributed by atoms with Crippen molar-refractivity contribution in [2.75, 3.05) is 6.54 Å². The predicted octanol–water partition coefficient (Wildman–Crippen LogP) is 6.28. The number of nitrogens with zero attached hydrogens (tertiary/aromatic N) is 1. The van der Waals surface area contributed by atoms with Gasteiger partial charge in [0.25, 0.3) is 11.8 Å². The summed E-state index contributed by atoms with van der Waals surface area (Å²) < 4.78 is 54.6. The van der Waals surface area contributed by atoms with E-state index in [-0.39, 0.29) is 6.54 Å². The van der Waals surface area contributed by atoms with Crippen LogP contribution in [0.1, 0.15) is 72.6 Å². The van der Waals surface area contributed by atoms with E-state index in [9.17, 15) is 27.2 Å². The van der Waals surface area contributed by atoms with Gasteiger partial charge >= 0.3 is 0 Å². The topological polar surface area (TPSA) is 37.4 Å². The fraction of sp³-hybridized carbons (Fsp3) is 0.391. The van der Waals surface area contributed by atoms with E-state index in [4.69, 9.17) is 0 Å². The third-order valence-corrected chi connectivity index (χ3v) is 4.80. The van der Waals surface area contributed by atoms with Crippen molar-refractivity contribution < 1.29 is 27.2 Å². The van der Waals surface area contributed by atoms with E-state index < -0.39 is 46.2 Å². The van der Waals surface area contributed by atoms with Gasteiger partial charge in [0.1, 0.15) is 23.3 Å². The Morgan fingerprint density at radius 2 is 1.13 bits per heavy atom. The Bertz CT molecular complexity index is 822. The molecule has 0 radical (unpaired) electrons. The first kappa shape index (κ1) is 23.6. The van der Waals surface area contributed by atoms with Crippen LogP contribution in [0.5, 0.6) is 0 Å². The van der Waals surface area contributed by atoms with Crippen LogP contribution in [0.4, 0.5) is 17.6 Å². The highest BCUT2D eigenvalue weighted by Crippen LogP contribution is 2.18. The Labute approximate surface area is 173 Å². The molecule has 0 bridgehead atoms. The number of unbranched alkanes of at least 4 members (excludes halogenated alkanes) is 6. The molecule has 0 heterocycles. The molecule has 0 unspecified atom stereocenters. The van der Waals surface area contributed by atoms with Crippen molar-refractivity contribution in [2.24, 2.45) is 0 Å². The zero-order chi connectivity index (χ0) is 22.1. The van der Waals surface area contributed by atoms with Gasteiger partial charge in [-0.05, 0) is 30.7 Å². The number of carbonyl (C=O) groups excluding carboxylic acids is 2. The number of carbonyl (C=O) groups is 2. The minimum Gasteiger partial charge on any atom is -0.274 e. The highest BCUT2D eigenvalue weighted by molar-refractivity contribution is 6.10. The molecule has 0 aliphatic rings. The summed E-state index contributed by atoms with van der Waals surface area (Å²) in [6.07, 6.45) is 6.47. The molecule has 0 saturated heterocycles. The average Bonchev–Trinajstić information content (AvgIpc) is 2.69. The molecular formula is C23H25F4NO2. The molecule has 162 valence electrons. The third-order valence-electron chi connectivity index (χ3n) is 4.80. The van der Waals surface area contributed by atoms with E-state index in [1.54, 1.807) is 0 Å². The molecule has 2 amide bonds. The maximum atomic E-state index is 14.1. The van der Waals surface area contributed by atoms with Crippen molar-refractivity contribution in [1.29, 1.82) is 0 Å². The van der Waals surface area contributed by atoms with E-state index in [0.29, 0.717) is 18.6 Å². The number of hydrogen-bond acceptors (Lipinski definition) is 2. The van der Waals surface area contributed by atoms with Gasteiger partial charge in [0, 0.05) is 18.7 Å². The molecule has 3 nitrogen and oxygen atoms in total. The van der Waals surface area contributed by atoms with E-state index in [1.165, 1.54) is 0 Å². The number of imide groups is 1. The largest absolute Gasteiger partial charge is 0.274 e. The van der Waals surface area contributed by atoms with Crippen LogP contribution in [-0.4, -0.2) is 23.3 Å². The number of rotatable bonds is 10. The van der Waals surface area contributed by atoms with Crippen LogP contribution in [0.25, 0.3) is 0 Å². The summed E-state index contributed by atoms with van der Waals surface area (Å²) in [5.41, 5.74) is -0.981. The maximum Gasteiger partial charge on any atom is 0.263 e. The Kier molecular flexibility index (Phi) is 9.02. The van der Waals surface area contributed by atoms with E-state index >= 15 is 0 Å². The van der Waals surface area contributed by atoms with Crippen LogP contribution in [0.3, 0.4) is 0 Å². The van der Waals surface area contributed by atoms with Crippen LogP contribution in [0.15, 0.2) is 36.4 Å². The molecule has 30 heavy (non-hydrogen) atoms. The molecule has 0 fully saturated rings. The van der Waals surface area contributed by atoms with Gasteiger partial charge in [-0.2, -0.15) is 0 Å². The van der Waals surface area contributed by atoms with Crippen LogP contribution in [0.2, 0.25) is 0 Å². The third kappa shape index (κ3) is 6.40. The first-order chi connectivity index (χ1) is 14.3. The molecule has 2 aromatic rings. The molecule has 7 heteroatoms. The second-order valence-electron chi connectivity index (χ2n) is 7.13. The van der Waals surface area contributed by atoms with Gasteiger partial charge in [-0.25, -0.2) is 17.6 Å². The molecular weight excluding hydrogens is 398 g/mol. The molecule has 0 saturated carbocycles. The van der Waals surface area contributed by atoms with Crippen LogP contribution < -0.4 is 0 Å². The summed E-state index contributed by atoms with van der Waals surface area (Å²) in [5.74, 6) is -5.94. The van der Waals surface area contributed by atoms with Gasteiger partial charge in [0.2, 0.25) is 0 Å². The summed E-state index contributed by atoms with van der Waals surface area (Å²) in [6.45, 7) is 2.05. The molecule has 0 atom stereocenters. The highest BCUT2D eigenvalue weighted by atomic mass is 19.1. The lowest BCUT2D eigenvalue weighted by Crippen LogP contribution is -2.38. The first-order valence-corrected chi connectivity index (χ1v) is 10.1. The Balaban J connectivity index is 2.19.